The molecule has 1 atom stereocenters. The van der Waals surface area contributed by atoms with Gasteiger partial charge in [0.15, 0.2) is 0 Å². The van der Waals surface area contributed by atoms with E-state index in [4.69, 9.17) is 0 Å². The van der Waals surface area contributed by atoms with Gasteiger partial charge in [-0.25, -0.2) is 0 Å². The number of carbonyl (C=O) groups is 2. The number of anilines is 1. The van der Waals surface area contributed by atoms with Crippen molar-refractivity contribution < 1.29 is 14.7 Å². The Morgan fingerprint density at radius 1 is 1.11 bits per heavy atom. The summed E-state index contributed by atoms with van der Waals surface area (Å²) in [6.45, 7) is 1.89. The van der Waals surface area contributed by atoms with E-state index in [1.807, 2.05) is 37.3 Å². The average Bonchev–Trinajstić information content (AvgIpc) is 2.67. The highest BCUT2D eigenvalue weighted by Crippen LogP contribution is 2.30. The SMILES string of the molecule is CCC#CC(C(=O)O)c1cc(-c2ccc(C(=O)N(C)C)cc2)ccc1NC. The smallest absolute Gasteiger partial charge is 0.323 e. The zero-order chi connectivity index (χ0) is 20.0. The normalized spacial score (nSPS) is 11.1. The summed E-state index contributed by atoms with van der Waals surface area (Å²) in [5.41, 5.74) is 3.74. The van der Waals surface area contributed by atoms with Crippen molar-refractivity contribution in [3.8, 4) is 23.0 Å². The van der Waals surface area contributed by atoms with E-state index < -0.39 is 11.9 Å². The van der Waals surface area contributed by atoms with E-state index in [2.05, 4.69) is 17.2 Å². The van der Waals surface area contributed by atoms with E-state index in [9.17, 15) is 14.7 Å². The number of carbonyl (C=O) groups excluding carboxylic acids is 1. The van der Waals surface area contributed by atoms with Gasteiger partial charge in [-0.3, -0.25) is 9.59 Å². The van der Waals surface area contributed by atoms with Gasteiger partial charge in [-0.15, -0.1) is 5.92 Å². The van der Waals surface area contributed by atoms with Crippen LogP contribution in [-0.4, -0.2) is 43.0 Å². The molecule has 2 N–H and O–H groups in total. The second-order valence-electron chi connectivity index (χ2n) is 6.27. The van der Waals surface area contributed by atoms with Crippen molar-refractivity contribution in [2.24, 2.45) is 0 Å². The Morgan fingerprint density at radius 3 is 2.26 bits per heavy atom. The lowest BCUT2D eigenvalue weighted by Crippen LogP contribution is -2.21. The van der Waals surface area contributed by atoms with Crippen molar-refractivity contribution in [2.45, 2.75) is 19.3 Å². The molecule has 5 heteroatoms. The number of nitrogens with zero attached hydrogens (tertiary/aromatic N) is 1. The highest BCUT2D eigenvalue weighted by molar-refractivity contribution is 5.94. The monoisotopic (exact) mass is 364 g/mol. The number of rotatable bonds is 5. The first kappa shape index (κ1) is 20.1. The summed E-state index contributed by atoms with van der Waals surface area (Å²) < 4.78 is 0. The van der Waals surface area contributed by atoms with Crippen molar-refractivity contribution in [1.29, 1.82) is 0 Å². The zero-order valence-electron chi connectivity index (χ0n) is 16.0. The van der Waals surface area contributed by atoms with Crippen LogP contribution in [0.3, 0.4) is 0 Å². The molecule has 1 amide bonds. The van der Waals surface area contributed by atoms with Crippen molar-refractivity contribution in [3.63, 3.8) is 0 Å². The second kappa shape index (κ2) is 8.91. The molecular weight excluding hydrogens is 340 g/mol. The maximum Gasteiger partial charge on any atom is 0.323 e. The highest BCUT2D eigenvalue weighted by atomic mass is 16.4. The third kappa shape index (κ3) is 4.68. The molecule has 27 heavy (non-hydrogen) atoms. The van der Waals surface area contributed by atoms with Crippen LogP contribution in [0.25, 0.3) is 11.1 Å². The van der Waals surface area contributed by atoms with Crippen molar-refractivity contribution >= 4 is 17.6 Å². The first-order valence-corrected chi connectivity index (χ1v) is 8.74. The fraction of sp³-hybridized carbons (Fsp3) is 0.273. The molecule has 5 nitrogen and oxygen atoms in total. The molecule has 0 aliphatic rings. The molecule has 140 valence electrons. The summed E-state index contributed by atoms with van der Waals surface area (Å²) in [5, 5.41) is 12.7. The van der Waals surface area contributed by atoms with Crippen LogP contribution in [0.1, 0.15) is 35.2 Å². The highest BCUT2D eigenvalue weighted by Gasteiger charge is 2.21. The van der Waals surface area contributed by atoms with Gasteiger partial charge < -0.3 is 15.3 Å². The van der Waals surface area contributed by atoms with Crippen LogP contribution in [0, 0.1) is 11.8 Å². The minimum Gasteiger partial charge on any atom is -0.480 e. The average molecular weight is 364 g/mol. The summed E-state index contributed by atoms with van der Waals surface area (Å²) in [6.07, 6.45) is 0.597. The molecule has 0 aliphatic carbocycles. The number of hydrogen-bond acceptors (Lipinski definition) is 3. The molecule has 1 unspecified atom stereocenters. The van der Waals surface area contributed by atoms with Crippen LogP contribution in [0.4, 0.5) is 5.69 Å². The van der Waals surface area contributed by atoms with Crippen LogP contribution < -0.4 is 5.32 Å². The number of nitrogens with one attached hydrogen (secondary N) is 1. The summed E-state index contributed by atoms with van der Waals surface area (Å²) in [4.78, 5) is 25.3. The summed E-state index contributed by atoms with van der Waals surface area (Å²) in [7, 11) is 5.18. The summed E-state index contributed by atoms with van der Waals surface area (Å²) in [5.74, 6) is 3.77. The quantitative estimate of drug-likeness (QED) is 0.794. The Morgan fingerprint density at radius 2 is 1.74 bits per heavy atom. The number of carboxylic acid groups (broad SMARTS) is 1. The van der Waals surface area contributed by atoms with Crippen LogP contribution in [-0.2, 0) is 4.79 Å². The zero-order valence-corrected chi connectivity index (χ0v) is 16.0. The number of hydrogen-bond donors (Lipinski definition) is 2. The van der Waals surface area contributed by atoms with Crippen molar-refractivity contribution in [1.82, 2.24) is 4.90 Å². The second-order valence-corrected chi connectivity index (χ2v) is 6.27. The van der Waals surface area contributed by atoms with E-state index in [-0.39, 0.29) is 5.91 Å². The van der Waals surface area contributed by atoms with Gasteiger partial charge in [0.1, 0.15) is 5.92 Å². The lowest BCUT2D eigenvalue weighted by Gasteiger charge is -2.15. The van der Waals surface area contributed by atoms with E-state index in [1.54, 1.807) is 33.3 Å². The maximum atomic E-state index is 12.0. The molecule has 0 bridgehead atoms. The minimum absolute atomic E-state index is 0.0615. The van der Waals surface area contributed by atoms with Crippen LogP contribution in [0.15, 0.2) is 42.5 Å². The molecular formula is C22H24N2O3. The molecule has 0 fully saturated rings. The van der Waals surface area contributed by atoms with Gasteiger partial charge in [0.2, 0.25) is 0 Å². The Labute approximate surface area is 160 Å². The van der Waals surface area contributed by atoms with Gasteiger partial charge in [0, 0.05) is 44.4 Å². The van der Waals surface area contributed by atoms with E-state index in [0.717, 1.165) is 16.8 Å². The maximum absolute atomic E-state index is 12.0. The third-order valence-electron chi connectivity index (χ3n) is 4.17. The molecule has 0 saturated carbocycles. The Kier molecular flexibility index (Phi) is 6.62. The van der Waals surface area contributed by atoms with Gasteiger partial charge in [-0.2, -0.15) is 0 Å². The largest absolute Gasteiger partial charge is 0.480 e. The number of amides is 1. The van der Waals surface area contributed by atoms with E-state index in [1.165, 1.54) is 4.90 Å². The molecule has 2 aromatic carbocycles. The molecule has 0 spiro atoms. The third-order valence-corrected chi connectivity index (χ3v) is 4.17. The molecule has 2 aromatic rings. The van der Waals surface area contributed by atoms with Gasteiger partial charge in [0.25, 0.3) is 5.91 Å². The van der Waals surface area contributed by atoms with Crippen LogP contribution in [0.5, 0.6) is 0 Å². The topological polar surface area (TPSA) is 69.6 Å². The summed E-state index contributed by atoms with van der Waals surface area (Å²) >= 11 is 0. The molecule has 0 heterocycles. The first-order chi connectivity index (χ1) is 12.9. The predicted octanol–water partition coefficient (Wildman–Crippen LogP) is 3.68. The van der Waals surface area contributed by atoms with Gasteiger partial charge in [-0.05, 0) is 35.4 Å². The lowest BCUT2D eigenvalue weighted by molar-refractivity contribution is -0.137. The molecule has 0 aromatic heterocycles. The van der Waals surface area contributed by atoms with E-state index >= 15 is 0 Å². The molecule has 0 saturated heterocycles. The number of aliphatic carboxylic acids is 1. The Balaban J connectivity index is 2.47. The molecule has 0 aliphatic heterocycles. The lowest BCUT2D eigenvalue weighted by atomic mass is 9.93. The fourth-order valence-electron chi connectivity index (χ4n) is 2.75. The molecule has 2 rings (SSSR count). The van der Waals surface area contributed by atoms with Gasteiger partial charge in [-0.1, -0.05) is 31.0 Å². The Bertz CT molecular complexity index is 890. The van der Waals surface area contributed by atoms with Gasteiger partial charge >= 0.3 is 5.97 Å². The number of carboxylic acids is 1. The van der Waals surface area contributed by atoms with Crippen molar-refractivity contribution in [3.05, 3.63) is 53.6 Å². The predicted molar refractivity (Wildman–Crippen MR) is 108 cm³/mol. The minimum atomic E-state index is -0.975. The first-order valence-electron chi connectivity index (χ1n) is 8.74. The van der Waals surface area contributed by atoms with Crippen LogP contribution >= 0.6 is 0 Å². The molecule has 0 radical (unpaired) electrons. The summed E-state index contributed by atoms with van der Waals surface area (Å²) in [6, 6.07) is 12.9. The van der Waals surface area contributed by atoms with E-state index in [0.29, 0.717) is 17.5 Å². The number of benzene rings is 2. The Hall–Kier alpha value is -3.26. The fourth-order valence-corrected chi connectivity index (χ4v) is 2.75. The standard InChI is InChI=1S/C22H24N2O3/c1-5-6-7-18(22(26)27)19-14-17(12-13-20(19)23-2)15-8-10-16(11-9-15)21(25)24(3)4/h8-14,18,23H,5H2,1-4H3,(H,26,27). The van der Waals surface area contributed by atoms with Gasteiger partial charge in [0.05, 0.1) is 0 Å². The van der Waals surface area contributed by atoms with Crippen LogP contribution in [0.2, 0.25) is 0 Å². The van der Waals surface area contributed by atoms with Crippen molar-refractivity contribution in [2.75, 3.05) is 26.5 Å².